The molecule has 21 rings (SSSR count). The van der Waals surface area contributed by atoms with Crippen LogP contribution in [-0.2, 0) is 35.2 Å². The molecule has 10 aromatic heterocycles. The van der Waals surface area contributed by atoms with Gasteiger partial charge in [-0.3, -0.25) is 0 Å². The molecule has 570 valence electrons. The molecule has 0 spiro atoms. The van der Waals surface area contributed by atoms with E-state index in [1.165, 1.54) is 204 Å². The molecule has 10 heteroatoms. The van der Waals surface area contributed by atoms with Gasteiger partial charge in [-0.1, -0.05) is 166 Å². The largest absolute Gasteiger partial charge is 0.286 e. The van der Waals surface area contributed by atoms with E-state index in [-0.39, 0.29) is 0 Å². The molecule has 0 saturated carbocycles. The van der Waals surface area contributed by atoms with Crippen LogP contribution in [0.4, 0.5) is 0 Å². The lowest BCUT2D eigenvalue weighted by molar-refractivity contribution is -0.735. The summed E-state index contributed by atoms with van der Waals surface area (Å²) in [5.74, 6) is 5.28. The number of para-hydroxylation sites is 9. The summed E-state index contributed by atoms with van der Waals surface area (Å²) in [5.41, 5.74) is 28.4. The van der Waals surface area contributed by atoms with Crippen molar-refractivity contribution in [1.82, 2.24) is 22.8 Å². The Kier molecular flexibility index (Phi) is 19.9. The second-order valence-electron chi connectivity index (χ2n) is 32.0. The smallest absolute Gasteiger partial charge is 0.237 e. The molecule has 0 aliphatic heterocycles. The summed E-state index contributed by atoms with van der Waals surface area (Å²) < 4.78 is 22.8. The monoisotopic (exact) mass is 1510 g/mol. The molecular weight excluding hydrogens is 1410 g/mol. The van der Waals surface area contributed by atoms with Gasteiger partial charge in [-0.05, 0) is 244 Å². The Balaban J connectivity index is 0.000000105. The summed E-state index contributed by atoms with van der Waals surface area (Å²) >= 11 is 0. The number of fused-ring (bicyclic) bond motifs is 18. The quantitative estimate of drug-likeness (QED) is 0.118. The van der Waals surface area contributed by atoms with Crippen molar-refractivity contribution >= 4 is 114 Å². The number of rotatable bonds is 6. The minimum atomic E-state index is 0.513. The zero-order chi connectivity index (χ0) is 80.5. The average molecular weight is 1520 g/mol. The number of benzene rings is 11. The maximum Gasteiger partial charge on any atom is 0.286 e. The van der Waals surface area contributed by atoms with Crippen molar-refractivity contribution in [3.05, 3.63) is 372 Å². The molecule has 0 saturated heterocycles. The van der Waals surface area contributed by atoms with Crippen LogP contribution in [-0.4, -0.2) is 22.8 Å². The molecule has 0 atom stereocenters. The van der Waals surface area contributed by atoms with E-state index in [1.54, 1.807) is 0 Å². The lowest BCUT2D eigenvalue weighted by atomic mass is 9.93. The SMILES string of the molecule is Cc1cc[n+](C)c(-n2c3ccccc3c3cccc(C)c32)c1.Cc1ccc(-n2c3ccccc3c3cccc(C)c32)[n+](C)c1.Cc1cccc(C)c1-c1ccc2c(c1)c1cccc(C)c1n1c2cc[n+]1C.Cc1cccc2c3ccccc3n(-c3cc(C(C)C)cc[n+]3C)c12.Cc1cccc2c3ccccc3n(-c3cccc[n+]3C)c12. The number of nitrogens with zero attached hydrogens (tertiary/aromatic N) is 10. The Hall–Kier alpha value is -13.6. The molecule has 116 heavy (non-hydrogen) atoms. The van der Waals surface area contributed by atoms with E-state index >= 15 is 0 Å². The van der Waals surface area contributed by atoms with Gasteiger partial charge in [-0.15, -0.1) is 9.20 Å². The fourth-order valence-corrected chi connectivity index (χ4v) is 18.0. The Morgan fingerprint density at radius 2 is 0.612 bits per heavy atom. The van der Waals surface area contributed by atoms with E-state index < -0.39 is 0 Å². The molecule has 0 aliphatic carbocycles. The summed E-state index contributed by atoms with van der Waals surface area (Å²) in [6, 6.07) is 103. The van der Waals surface area contributed by atoms with Crippen molar-refractivity contribution in [2.24, 2.45) is 35.2 Å². The number of aromatic nitrogens is 10. The van der Waals surface area contributed by atoms with Gasteiger partial charge in [-0.25, -0.2) is 18.3 Å². The molecular formula is C106H101N10+5. The van der Waals surface area contributed by atoms with Gasteiger partial charge in [0.25, 0.3) is 23.3 Å². The van der Waals surface area contributed by atoms with Gasteiger partial charge >= 0.3 is 0 Å². The average Bonchev–Trinajstić information content (AvgIpc) is 1.22. The highest BCUT2D eigenvalue weighted by molar-refractivity contribution is 6.15. The second kappa shape index (κ2) is 30.7. The zero-order valence-corrected chi connectivity index (χ0v) is 69.6. The minimum absolute atomic E-state index is 0.513. The predicted molar refractivity (Wildman–Crippen MR) is 484 cm³/mol. The van der Waals surface area contributed by atoms with E-state index in [1.807, 2.05) is 0 Å². The van der Waals surface area contributed by atoms with Crippen LogP contribution in [0.3, 0.4) is 0 Å². The van der Waals surface area contributed by atoms with Crippen molar-refractivity contribution in [3.8, 4) is 34.4 Å². The normalized spacial score (nSPS) is 11.5. The van der Waals surface area contributed by atoms with Crippen LogP contribution in [0.15, 0.2) is 316 Å². The van der Waals surface area contributed by atoms with Gasteiger partial charge in [0.2, 0.25) is 0 Å². The van der Waals surface area contributed by atoms with Gasteiger partial charge in [0.15, 0.2) is 13.2 Å². The maximum atomic E-state index is 2.41. The minimum Gasteiger partial charge on any atom is -0.237 e. The lowest BCUT2D eigenvalue weighted by Crippen LogP contribution is -2.34. The van der Waals surface area contributed by atoms with Crippen LogP contribution in [0.25, 0.3) is 149 Å². The van der Waals surface area contributed by atoms with Crippen molar-refractivity contribution in [2.45, 2.75) is 82.1 Å². The first-order valence-corrected chi connectivity index (χ1v) is 40.5. The van der Waals surface area contributed by atoms with Gasteiger partial charge in [0.1, 0.15) is 55.2 Å². The molecule has 0 fully saturated rings. The molecule has 0 bridgehead atoms. The third-order valence-electron chi connectivity index (χ3n) is 23.7. The summed E-state index contributed by atoms with van der Waals surface area (Å²) in [5, 5.41) is 14.4. The Morgan fingerprint density at radius 1 is 0.241 bits per heavy atom. The summed E-state index contributed by atoms with van der Waals surface area (Å²) in [6.07, 6.45) is 10.7. The highest BCUT2D eigenvalue weighted by Crippen LogP contribution is 2.40. The summed E-state index contributed by atoms with van der Waals surface area (Å²) in [7, 11) is 10.5. The van der Waals surface area contributed by atoms with E-state index in [0.29, 0.717) is 5.92 Å². The second-order valence-corrected chi connectivity index (χ2v) is 32.0. The van der Waals surface area contributed by atoms with Crippen LogP contribution in [0.1, 0.15) is 75.4 Å². The van der Waals surface area contributed by atoms with Crippen LogP contribution >= 0.6 is 0 Å². The zero-order valence-electron chi connectivity index (χ0n) is 69.6. The standard InChI is InChI=1S/C25H23N2.C22H23N2.2C20H19N2.C19H17N2/c1-16-7-5-8-17(2)24(16)19-11-12-20-22(15-19)21-10-6-9-18(3)25(21)27-23(20)13-14-26(27)4;1-15(2)17-12-13-23(4)21(14-17)24-20-11-6-5-9-18(20)19-10-7-8-16(3)22(19)24;1-14-11-12-21(3)19(13-14)22-18-10-5-4-8-16(18)17-9-6-7-15(2)20(17)22;1-14-11-12-19(21(3)13-14)22-18-10-5-4-8-16(18)17-9-6-7-15(2)20(17)22;1-14-8-7-10-16-15-9-3-4-11-17(15)21(19(14)16)18-12-5-6-13-20(18)2/h5-15H,1-4H3;5-15H,1-4H3;2*4-13H,1-3H3;3-13H,1-2H3/q5*+1. The van der Waals surface area contributed by atoms with E-state index in [4.69, 9.17) is 0 Å². The molecule has 10 nitrogen and oxygen atoms in total. The fraction of sp³-hybridized carbons (Fsp3) is 0.160. The number of aryl methyl sites for hydroxylation is 14. The van der Waals surface area contributed by atoms with E-state index in [2.05, 4.69) is 473 Å². The molecule has 0 unspecified atom stereocenters. The van der Waals surface area contributed by atoms with Crippen molar-refractivity contribution in [1.29, 1.82) is 0 Å². The molecule has 21 aromatic rings. The van der Waals surface area contributed by atoms with Crippen molar-refractivity contribution in [3.63, 3.8) is 0 Å². The van der Waals surface area contributed by atoms with Crippen LogP contribution in [0, 0.1) is 62.3 Å². The number of hydrogen-bond donors (Lipinski definition) is 0. The summed E-state index contributed by atoms with van der Waals surface area (Å²) in [6.45, 7) is 24.1. The molecule has 11 aromatic carbocycles. The number of hydrogen-bond acceptors (Lipinski definition) is 0. The van der Waals surface area contributed by atoms with Crippen LogP contribution < -0.4 is 23.0 Å². The van der Waals surface area contributed by atoms with Gasteiger partial charge < -0.3 is 0 Å². The third-order valence-corrected chi connectivity index (χ3v) is 23.7. The lowest BCUT2D eigenvalue weighted by Gasteiger charge is -2.13. The molecule has 0 aliphatic rings. The van der Waals surface area contributed by atoms with Crippen LogP contribution in [0.2, 0.25) is 0 Å². The maximum absolute atomic E-state index is 2.41. The predicted octanol–water partition coefficient (Wildman–Crippen LogP) is 23.1. The number of pyridine rings is 5. The van der Waals surface area contributed by atoms with Gasteiger partial charge in [0, 0.05) is 84.2 Å². The van der Waals surface area contributed by atoms with Gasteiger partial charge in [-0.2, -0.15) is 18.3 Å². The van der Waals surface area contributed by atoms with Crippen LogP contribution in [0.5, 0.6) is 0 Å². The summed E-state index contributed by atoms with van der Waals surface area (Å²) in [4.78, 5) is 0. The third kappa shape index (κ3) is 13.2. The molecule has 0 N–H and O–H groups in total. The molecule has 0 amide bonds. The van der Waals surface area contributed by atoms with Crippen molar-refractivity contribution in [2.75, 3.05) is 0 Å². The van der Waals surface area contributed by atoms with Crippen molar-refractivity contribution < 1.29 is 23.0 Å². The highest BCUT2D eigenvalue weighted by atomic mass is 15.3. The first-order chi connectivity index (χ1) is 56.2. The Labute approximate surface area is 679 Å². The first-order valence-electron chi connectivity index (χ1n) is 40.5. The van der Waals surface area contributed by atoms with E-state index in [0.717, 1.165) is 0 Å². The fourth-order valence-electron chi connectivity index (χ4n) is 18.0. The first kappa shape index (κ1) is 75.1. The topological polar surface area (TPSA) is 43.5 Å². The van der Waals surface area contributed by atoms with E-state index in [9.17, 15) is 0 Å². The molecule has 0 radical (unpaired) electrons. The Morgan fingerprint density at radius 3 is 1.07 bits per heavy atom. The molecule has 10 heterocycles. The highest BCUT2D eigenvalue weighted by Gasteiger charge is 2.28. The van der Waals surface area contributed by atoms with Gasteiger partial charge in [0.05, 0.1) is 53.0 Å². The Bertz CT molecular complexity index is 7410.